The van der Waals surface area contributed by atoms with Gasteiger partial charge in [0, 0.05) is 0 Å². The van der Waals surface area contributed by atoms with E-state index in [1.165, 1.54) is 18.7 Å². The Bertz CT molecular complexity index is 343. The Morgan fingerprint density at radius 1 is 1.47 bits per heavy atom. The molecule has 1 atom stereocenters. The number of Topliss-reactive ketones (excluding diaryl/α,β-unsaturated/α-hetero) is 1. The van der Waals surface area contributed by atoms with Crippen LogP contribution in [0.25, 0.3) is 0 Å². The van der Waals surface area contributed by atoms with Crippen LogP contribution in [0, 0.1) is 11.3 Å². The molecular weight excluding hydrogens is 236 g/mol. The first-order valence-corrected chi connectivity index (χ1v) is 6.88. The predicted octanol–water partition coefficient (Wildman–Crippen LogP) is 1.65. The molecule has 4 nitrogen and oxygen atoms in total. The quantitative estimate of drug-likeness (QED) is 0.810. The summed E-state index contributed by atoms with van der Waals surface area (Å²) in [5.41, 5.74) is -0.656. The molecule has 0 aliphatic heterocycles. The summed E-state index contributed by atoms with van der Waals surface area (Å²) in [6.45, 7) is 3.30. The van der Waals surface area contributed by atoms with Gasteiger partial charge in [-0.05, 0) is 39.5 Å². The van der Waals surface area contributed by atoms with Crippen LogP contribution in [0.4, 0.5) is 0 Å². The fourth-order valence-corrected chi connectivity index (χ4v) is 2.57. The van der Waals surface area contributed by atoms with Gasteiger partial charge in [0.1, 0.15) is 11.3 Å². The van der Waals surface area contributed by atoms with Crippen molar-refractivity contribution >= 4 is 23.5 Å². The zero-order chi connectivity index (χ0) is 12.9. The summed E-state index contributed by atoms with van der Waals surface area (Å²) in [6, 6.07) is 2.21. The number of carbonyl (C=O) groups is 2. The van der Waals surface area contributed by atoms with Crippen molar-refractivity contribution in [1.29, 1.82) is 5.26 Å². The fourth-order valence-electron chi connectivity index (χ4n) is 1.86. The number of ketones is 1. The molecule has 1 unspecified atom stereocenters. The van der Waals surface area contributed by atoms with Crippen LogP contribution < -0.4 is 5.32 Å². The molecule has 0 aromatic rings. The number of thioether (sulfide) groups is 1. The van der Waals surface area contributed by atoms with E-state index in [0.29, 0.717) is 0 Å². The summed E-state index contributed by atoms with van der Waals surface area (Å²) in [6.07, 6.45) is 3.46. The lowest BCUT2D eigenvalue weighted by Gasteiger charge is -2.22. The largest absolute Gasteiger partial charge is 0.337 e. The van der Waals surface area contributed by atoms with E-state index in [-0.39, 0.29) is 22.7 Å². The highest BCUT2D eigenvalue weighted by Gasteiger charge is 2.35. The van der Waals surface area contributed by atoms with E-state index in [0.717, 1.165) is 25.7 Å². The van der Waals surface area contributed by atoms with E-state index < -0.39 is 5.54 Å². The second kappa shape index (κ2) is 6.06. The van der Waals surface area contributed by atoms with Crippen molar-refractivity contribution in [1.82, 2.24) is 5.32 Å². The fraction of sp³-hybridized carbons (Fsp3) is 0.750. The minimum Gasteiger partial charge on any atom is -0.337 e. The molecule has 1 amide bonds. The van der Waals surface area contributed by atoms with E-state index in [4.69, 9.17) is 5.26 Å². The molecule has 17 heavy (non-hydrogen) atoms. The van der Waals surface area contributed by atoms with Gasteiger partial charge in [-0.2, -0.15) is 5.26 Å². The SMILES string of the molecule is CC(=O)C(C)SCC(=O)NC1(C#N)CCCC1. The third kappa shape index (κ3) is 4.04. The van der Waals surface area contributed by atoms with Crippen LogP contribution in [0.2, 0.25) is 0 Å². The van der Waals surface area contributed by atoms with Crippen LogP contribution >= 0.6 is 11.8 Å². The standard InChI is InChI=1S/C12H18N2O2S/c1-9(15)10(2)17-7-11(16)14-12(8-13)5-3-4-6-12/h10H,3-7H2,1-2H3,(H,14,16). The Kier molecular flexibility index (Phi) is 5.01. The Morgan fingerprint density at radius 3 is 2.53 bits per heavy atom. The Hall–Kier alpha value is -1.02. The average Bonchev–Trinajstić information content (AvgIpc) is 2.75. The molecule has 94 valence electrons. The van der Waals surface area contributed by atoms with Crippen molar-refractivity contribution in [2.24, 2.45) is 0 Å². The van der Waals surface area contributed by atoms with E-state index in [1.54, 1.807) is 6.92 Å². The van der Waals surface area contributed by atoms with Crippen LogP contribution in [0.5, 0.6) is 0 Å². The summed E-state index contributed by atoms with van der Waals surface area (Å²) in [5.74, 6) is 0.162. The first kappa shape index (κ1) is 14.0. The summed E-state index contributed by atoms with van der Waals surface area (Å²) in [7, 11) is 0. The molecule has 1 N–H and O–H groups in total. The van der Waals surface area contributed by atoms with Gasteiger partial charge in [-0.1, -0.05) is 0 Å². The molecule has 1 saturated carbocycles. The summed E-state index contributed by atoms with van der Waals surface area (Å²) < 4.78 is 0. The molecule has 1 aliphatic rings. The van der Waals surface area contributed by atoms with E-state index in [2.05, 4.69) is 11.4 Å². The van der Waals surface area contributed by atoms with Gasteiger partial charge in [0.25, 0.3) is 0 Å². The molecule has 0 saturated heterocycles. The highest BCUT2D eigenvalue weighted by atomic mass is 32.2. The van der Waals surface area contributed by atoms with Crippen molar-refractivity contribution in [3.8, 4) is 6.07 Å². The van der Waals surface area contributed by atoms with E-state index >= 15 is 0 Å². The van der Waals surface area contributed by atoms with Gasteiger partial charge in [-0.25, -0.2) is 0 Å². The summed E-state index contributed by atoms with van der Waals surface area (Å²) >= 11 is 1.31. The average molecular weight is 254 g/mol. The summed E-state index contributed by atoms with van der Waals surface area (Å²) in [5, 5.41) is 11.7. The topological polar surface area (TPSA) is 70.0 Å². The highest BCUT2D eigenvalue weighted by Crippen LogP contribution is 2.29. The summed E-state index contributed by atoms with van der Waals surface area (Å²) in [4.78, 5) is 22.7. The predicted molar refractivity (Wildman–Crippen MR) is 67.6 cm³/mol. The highest BCUT2D eigenvalue weighted by molar-refractivity contribution is 8.01. The van der Waals surface area contributed by atoms with Crippen LogP contribution in [-0.4, -0.2) is 28.2 Å². The maximum absolute atomic E-state index is 11.7. The van der Waals surface area contributed by atoms with Gasteiger partial charge in [0.05, 0.1) is 17.1 Å². The maximum Gasteiger partial charge on any atom is 0.231 e. The van der Waals surface area contributed by atoms with Crippen LogP contribution in [0.1, 0.15) is 39.5 Å². The minimum atomic E-state index is -0.656. The third-order valence-electron chi connectivity index (χ3n) is 3.09. The lowest BCUT2D eigenvalue weighted by atomic mass is 10.0. The van der Waals surface area contributed by atoms with Crippen LogP contribution in [-0.2, 0) is 9.59 Å². The van der Waals surface area contributed by atoms with Crippen LogP contribution in [0.3, 0.4) is 0 Å². The van der Waals surface area contributed by atoms with Gasteiger partial charge >= 0.3 is 0 Å². The second-order valence-electron chi connectivity index (χ2n) is 4.51. The smallest absolute Gasteiger partial charge is 0.231 e. The van der Waals surface area contributed by atoms with E-state index in [1.807, 2.05) is 0 Å². The minimum absolute atomic E-state index is 0.0682. The molecule has 0 spiro atoms. The molecule has 1 rings (SSSR count). The molecule has 1 fully saturated rings. The molecule has 0 radical (unpaired) electrons. The number of hydrogen-bond acceptors (Lipinski definition) is 4. The lowest BCUT2D eigenvalue weighted by molar-refractivity contribution is -0.119. The van der Waals surface area contributed by atoms with Crippen molar-refractivity contribution in [3.05, 3.63) is 0 Å². The molecular formula is C12H18N2O2S. The number of rotatable bonds is 5. The van der Waals surface area contributed by atoms with Crippen molar-refractivity contribution in [2.75, 3.05) is 5.75 Å². The van der Waals surface area contributed by atoms with Gasteiger partial charge in [0.2, 0.25) is 5.91 Å². The second-order valence-corrected chi connectivity index (χ2v) is 5.84. The molecule has 0 bridgehead atoms. The Balaban J connectivity index is 2.39. The molecule has 0 aromatic carbocycles. The number of amides is 1. The van der Waals surface area contributed by atoms with Gasteiger partial charge in [0.15, 0.2) is 0 Å². The number of nitrogens with zero attached hydrogens (tertiary/aromatic N) is 1. The Labute approximate surface area is 106 Å². The van der Waals surface area contributed by atoms with Crippen molar-refractivity contribution in [2.45, 2.75) is 50.3 Å². The number of hydrogen-bond donors (Lipinski definition) is 1. The number of carbonyl (C=O) groups excluding carboxylic acids is 2. The number of nitrogens with one attached hydrogen (secondary N) is 1. The molecule has 5 heteroatoms. The number of nitriles is 1. The first-order chi connectivity index (χ1) is 7.99. The molecule has 0 heterocycles. The van der Waals surface area contributed by atoms with Gasteiger partial charge < -0.3 is 5.32 Å². The lowest BCUT2D eigenvalue weighted by Crippen LogP contribution is -2.46. The van der Waals surface area contributed by atoms with Crippen LogP contribution in [0.15, 0.2) is 0 Å². The normalized spacial score (nSPS) is 19.4. The molecule has 1 aliphatic carbocycles. The van der Waals surface area contributed by atoms with Crippen molar-refractivity contribution in [3.63, 3.8) is 0 Å². The zero-order valence-electron chi connectivity index (χ0n) is 10.3. The Morgan fingerprint density at radius 2 is 2.06 bits per heavy atom. The van der Waals surface area contributed by atoms with Crippen molar-refractivity contribution < 1.29 is 9.59 Å². The third-order valence-corrected chi connectivity index (χ3v) is 4.35. The zero-order valence-corrected chi connectivity index (χ0v) is 11.1. The van der Waals surface area contributed by atoms with Gasteiger partial charge in [-0.15, -0.1) is 11.8 Å². The van der Waals surface area contributed by atoms with Gasteiger partial charge in [-0.3, -0.25) is 9.59 Å². The monoisotopic (exact) mass is 254 g/mol. The molecule has 0 aromatic heterocycles. The first-order valence-electron chi connectivity index (χ1n) is 5.83. The maximum atomic E-state index is 11.7. The van der Waals surface area contributed by atoms with E-state index in [9.17, 15) is 9.59 Å².